The molecule has 5 heterocycles. The molecule has 3 aromatic rings. The Morgan fingerprint density at radius 3 is 2.30 bits per heavy atom. The molecule has 0 radical (unpaired) electrons. The number of nitrogen functional groups attached to an aromatic ring is 1. The van der Waals surface area contributed by atoms with E-state index in [4.69, 9.17) is 42.2 Å². The molecule has 4 unspecified atom stereocenters. The summed E-state index contributed by atoms with van der Waals surface area (Å²) in [5.41, 5.74) is 12.2. The zero-order chi connectivity index (χ0) is 32.0. The second-order valence-corrected chi connectivity index (χ2v) is 13.2. The lowest BCUT2D eigenvalue weighted by atomic mass is 10.1. The molecule has 5 rings (SSSR count). The van der Waals surface area contributed by atoms with Crippen LogP contribution in [0, 0.1) is 0 Å². The second kappa shape index (κ2) is 12.7. The molecule has 44 heavy (non-hydrogen) atoms. The lowest BCUT2D eigenvalue weighted by Gasteiger charge is -2.20. The van der Waals surface area contributed by atoms with Gasteiger partial charge in [-0.3, -0.25) is 13.6 Å². The fourth-order valence-corrected chi connectivity index (χ4v) is 6.79. The number of nitrogens with two attached hydrogens (primary N) is 2. The van der Waals surface area contributed by atoms with Crippen molar-refractivity contribution in [3.05, 3.63) is 42.7 Å². The molecule has 2 fully saturated rings. The van der Waals surface area contributed by atoms with Gasteiger partial charge in [-0.2, -0.15) is 8.88 Å². The van der Waals surface area contributed by atoms with Crippen molar-refractivity contribution in [2.45, 2.75) is 49.1 Å². The van der Waals surface area contributed by atoms with Crippen LogP contribution in [0.15, 0.2) is 37.2 Å². The zero-order valence-electron chi connectivity index (χ0n) is 22.2. The van der Waals surface area contributed by atoms with E-state index in [1.807, 2.05) is 0 Å². The van der Waals surface area contributed by atoms with Crippen molar-refractivity contribution < 1.29 is 66.7 Å². The standard InChI is InChI=1S/C21H27N7O13P2S/c22-17-12-19(25-7-24-17)28(8-26-12)21-16(32)14(30)11(40-21)6-38-43(35,36)41-42(33,34)37-5-10-13(29)15(31)20(39-10)27-3-1-2-9(4-27)18(23)44/h1-4,7-8,10-11,13-16,20-21,29-32H,5-6H2,(H5-,22,23,24,25,33,34,35,36,44)/p+1/t10-,11-,13?,14?,15+,16+,20-,21-/m1/s1. The van der Waals surface area contributed by atoms with Crippen LogP contribution in [0.5, 0.6) is 0 Å². The molecule has 20 nitrogen and oxygen atoms in total. The van der Waals surface area contributed by atoms with Gasteiger partial charge in [0.05, 0.1) is 25.1 Å². The lowest BCUT2D eigenvalue weighted by molar-refractivity contribution is -0.765. The Morgan fingerprint density at radius 2 is 1.64 bits per heavy atom. The molecule has 0 aliphatic carbocycles. The third-order valence-corrected chi connectivity index (χ3v) is 9.58. The molecule has 2 saturated heterocycles. The van der Waals surface area contributed by atoms with Crippen molar-refractivity contribution in [1.29, 1.82) is 0 Å². The highest BCUT2D eigenvalue weighted by Crippen LogP contribution is 2.60. The first-order chi connectivity index (χ1) is 20.7. The van der Waals surface area contributed by atoms with Crippen LogP contribution in [0.1, 0.15) is 18.0 Å². The molecule has 2 aliphatic heterocycles. The van der Waals surface area contributed by atoms with Gasteiger partial charge in [0.15, 0.2) is 36.2 Å². The monoisotopic (exact) mass is 680 g/mol. The highest BCUT2D eigenvalue weighted by Gasteiger charge is 2.50. The maximum atomic E-state index is 12.4. The SMILES string of the molecule is NC(=S)c1ccc[n+]([C@@H]2O[C@H](COP(=O)(O)OP(=O)(O)OC[C@H]3O[C@@H](n4cnc5c(N)ncnc54)[C@@H](O)C3O)C(O)[C@@H]2O)c1. The summed E-state index contributed by atoms with van der Waals surface area (Å²) < 4.78 is 52.4. The molecular weight excluding hydrogens is 652 g/mol. The van der Waals surface area contributed by atoms with Gasteiger partial charge in [-0.05, 0) is 6.07 Å². The summed E-state index contributed by atoms with van der Waals surface area (Å²) in [6, 6.07) is 3.18. The molecule has 0 amide bonds. The zero-order valence-corrected chi connectivity index (χ0v) is 24.8. The number of rotatable bonds is 11. The second-order valence-electron chi connectivity index (χ2n) is 9.69. The third-order valence-electron chi connectivity index (χ3n) is 6.75. The van der Waals surface area contributed by atoms with Crippen LogP contribution in [0.2, 0.25) is 0 Å². The van der Waals surface area contributed by atoms with E-state index >= 15 is 0 Å². The van der Waals surface area contributed by atoms with E-state index in [1.165, 1.54) is 27.9 Å². The Morgan fingerprint density at radius 1 is 1.00 bits per heavy atom. The van der Waals surface area contributed by atoms with Crippen LogP contribution in [-0.4, -0.2) is 105 Å². The first-order valence-electron chi connectivity index (χ1n) is 12.6. The average molecular weight is 681 g/mol. The van der Waals surface area contributed by atoms with E-state index in [9.17, 15) is 39.3 Å². The fourth-order valence-electron chi connectivity index (χ4n) is 4.58. The van der Waals surface area contributed by atoms with Gasteiger partial charge in [-0.1, -0.05) is 12.2 Å². The number of nitrogens with zero attached hydrogens (tertiary/aromatic N) is 5. The molecule has 23 heteroatoms. The van der Waals surface area contributed by atoms with Crippen molar-refractivity contribution in [1.82, 2.24) is 19.5 Å². The minimum atomic E-state index is -5.35. The summed E-state index contributed by atoms with van der Waals surface area (Å²) in [5, 5.41) is 41.7. The summed E-state index contributed by atoms with van der Waals surface area (Å²) in [6.07, 6.45) is -6.22. The number of thiocarbonyl (C=S) groups is 1. The maximum absolute atomic E-state index is 12.4. The van der Waals surface area contributed by atoms with Gasteiger partial charge < -0.3 is 51.2 Å². The van der Waals surface area contributed by atoms with Gasteiger partial charge in [0.2, 0.25) is 0 Å². The number of hydrogen-bond donors (Lipinski definition) is 8. The number of imidazole rings is 1. The molecule has 2 aliphatic rings. The predicted octanol–water partition coefficient (Wildman–Crippen LogP) is -2.48. The molecule has 0 saturated carbocycles. The van der Waals surface area contributed by atoms with E-state index in [0.29, 0.717) is 5.56 Å². The van der Waals surface area contributed by atoms with Crippen LogP contribution in [0.3, 0.4) is 0 Å². The van der Waals surface area contributed by atoms with Gasteiger partial charge in [0.25, 0.3) is 6.23 Å². The highest BCUT2D eigenvalue weighted by molar-refractivity contribution is 7.80. The van der Waals surface area contributed by atoms with E-state index < -0.39 is 77.9 Å². The first-order valence-corrected chi connectivity index (χ1v) is 16.0. The normalized spacial score (nSPS) is 31.6. The van der Waals surface area contributed by atoms with Crippen molar-refractivity contribution in [3.8, 4) is 0 Å². The maximum Gasteiger partial charge on any atom is 0.481 e. The number of ether oxygens (including phenoxy) is 2. The number of phosphoric acid groups is 2. The van der Waals surface area contributed by atoms with Crippen LogP contribution in [0.4, 0.5) is 5.82 Å². The van der Waals surface area contributed by atoms with E-state index in [2.05, 4.69) is 19.3 Å². The van der Waals surface area contributed by atoms with Crippen LogP contribution in [0.25, 0.3) is 11.2 Å². The number of pyridine rings is 1. The van der Waals surface area contributed by atoms with Crippen molar-refractivity contribution >= 4 is 49.8 Å². The average Bonchev–Trinajstić information content (AvgIpc) is 3.61. The Kier molecular flexibility index (Phi) is 9.44. The molecule has 10 atom stereocenters. The van der Waals surface area contributed by atoms with Crippen molar-refractivity contribution in [3.63, 3.8) is 0 Å². The molecule has 10 N–H and O–H groups in total. The van der Waals surface area contributed by atoms with Gasteiger partial charge >= 0.3 is 15.6 Å². The number of aliphatic hydroxyl groups excluding tert-OH is 4. The lowest BCUT2D eigenvalue weighted by Crippen LogP contribution is -2.46. The van der Waals surface area contributed by atoms with Gasteiger partial charge in [-0.25, -0.2) is 24.1 Å². The molecule has 3 aromatic heterocycles. The number of anilines is 1. The van der Waals surface area contributed by atoms with E-state index in [-0.39, 0.29) is 22.0 Å². The van der Waals surface area contributed by atoms with Crippen LogP contribution < -0.4 is 16.0 Å². The summed E-state index contributed by atoms with van der Waals surface area (Å²) >= 11 is 4.92. The van der Waals surface area contributed by atoms with Gasteiger partial charge in [-0.15, -0.1) is 0 Å². The molecule has 0 bridgehead atoms. The minimum absolute atomic E-state index is 0.0574. The molecular formula is C21H28N7O13P2S+. The number of fused-ring (bicyclic) bond motifs is 1. The molecule has 0 aromatic carbocycles. The van der Waals surface area contributed by atoms with E-state index in [0.717, 1.165) is 6.33 Å². The topological polar surface area (TPSA) is 301 Å². The number of aromatic nitrogens is 5. The Hall–Kier alpha value is -2.59. The fraction of sp³-hybridized carbons (Fsp3) is 0.476. The van der Waals surface area contributed by atoms with Crippen molar-refractivity contribution in [2.75, 3.05) is 18.9 Å². The Bertz CT molecular complexity index is 1630. The summed E-state index contributed by atoms with van der Waals surface area (Å²) in [7, 11) is -10.7. The van der Waals surface area contributed by atoms with Gasteiger partial charge in [0.1, 0.15) is 47.4 Å². The first kappa shape index (κ1) is 32.8. The van der Waals surface area contributed by atoms with Crippen LogP contribution in [-0.2, 0) is 32.0 Å². The largest absolute Gasteiger partial charge is 0.481 e. The van der Waals surface area contributed by atoms with E-state index in [1.54, 1.807) is 12.1 Å². The smallest absolute Gasteiger partial charge is 0.389 e. The van der Waals surface area contributed by atoms with Crippen LogP contribution >= 0.6 is 27.9 Å². The van der Waals surface area contributed by atoms with Crippen molar-refractivity contribution in [2.24, 2.45) is 5.73 Å². The quantitative estimate of drug-likeness (QED) is 0.0590. The predicted molar refractivity (Wildman–Crippen MR) is 147 cm³/mol. The summed E-state index contributed by atoms with van der Waals surface area (Å²) in [5.74, 6) is 0.0574. The van der Waals surface area contributed by atoms with Gasteiger partial charge in [0, 0.05) is 6.07 Å². The summed E-state index contributed by atoms with van der Waals surface area (Å²) in [6.45, 7) is -1.74. The molecule has 240 valence electrons. The number of phosphoric ester groups is 2. The minimum Gasteiger partial charge on any atom is -0.389 e. The Labute approximate surface area is 252 Å². The third kappa shape index (κ3) is 6.81. The molecule has 0 spiro atoms. The Balaban J connectivity index is 1.16. The highest BCUT2D eigenvalue weighted by atomic mass is 32.1. The summed E-state index contributed by atoms with van der Waals surface area (Å²) in [4.78, 5) is 32.0. The number of hydrogen-bond acceptors (Lipinski definition) is 16. The number of aliphatic hydroxyl groups is 4.